The Morgan fingerprint density at radius 2 is 1.90 bits per heavy atom. The van der Waals surface area contributed by atoms with Crippen LogP contribution in [0.2, 0.25) is 0 Å². The van der Waals surface area contributed by atoms with Crippen molar-refractivity contribution in [2.24, 2.45) is 0 Å². The molecule has 13 heteroatoms. The smallest absolute Gasteiger partial charge is 0.274 e. The van der Waals surface area contributed by atoms with Crippen LogP contribution in [-0.2, 0) is 20.3 Å². The lowest BCUT2D eigenvalue weighted by atomic mass is 10.0. The molecular formula is C26H33F2N5O5S. The van der Waals surface area contributed by atoms with E-state index in [1.807, 2.05) is 4.68 Å². The number of morpholine rings is 1. The molecule has 0 radical (unpaired) electrons. The van der Waals surface area contributed by atoms with Crippen molar-refractivity contribution in [2.45, 2.75) is 35.5 Å². The Kier molecular flexibility index (Phi) is 6.89. The van der Waals surface area contributed by atoms with Gasteiger partial charge in [-0.3, -0.25) is 19.3 Å². The molecule has 0 N–H and O–H groups in total. The van der Waals surface area contributed by atoms with E-state index in [-0.39, 0.29) is 47.1 Å². The molecule has 3 fully saturated rings. The normalized spacial score (nSPS) is 24.5. The van der Waals surface area contributed by atoms with E-state index in [9.17, 15) is 22.0 Å². The summed E-state index contributed by atoms with van der Waals surface area (Å²) in [7, 11) is -2.35. The number of ether oxygens (including phenoxy) is 2. The predicted molar refractivity (Wildman–Crippen MR) is 138 cm³/mol. The van der Waals surface area contributed by atoms with Crippen LogP contribution >= 0.6 is 0 Å². The largest absolute Gasteiger partial charge is 0.495 e. The average molecular weight is 566 g/mol. The number of hydrogen-bond acceptors (Lipinski definition) is 8. The molecule has 4 aliphatic heterocycles. The number of rotatable bonds is 6. The van der Waals surface area contributed by atoms with Gasteiger partial charge in [-0.15, -0.1) is 0 Å². The molecule has 0 bridgehead atoms. The van der Waals surface area contributed by atoms with E-state index in [0.717, 1.165) is 19.4 Å². The molecule has 1 aromatic carbocycles. The Hall–Kier alpha value is -2.61. The average Bonchev–Trinajstić information content (AvgIpc) is 3.29. The maximum Gasteiger partial charge on any atom is 0.274 e. The van der Waals surface area contributed by atoms with Gasteiger partial charge in [0.15, 0.2) is 15.5 Å². The molecule has 0 saturated carbocycles. The van der Waals surface area contributed by atoms with Crippen molar-refractivity contribution < 1.29 is 31.5 Å². The summed E-state index contributed by atoms with van der Waals surface area (Å²) in [5.41, 5.74) is 1.73. The Labute approximate surface area is 226 Å². The second kappa shape index (κ2) is 10.1. The SMILES string of the molecule is COc1cccc2c1S(=O)(=O)Cc1c(C(=O)N3CCOCC3)nn([C@H]3CCCN(CCN4CC(F)(F)C4)C3)c1-2. The van der Waals surface area contributed by atoms with Crippen molar-refractivity contribution in [1.29, 1.82) is 0 Å². The molecule has 1 amide bonds. The van der Waals surface area contributed by atoms with E-state index in [0.29, 0.717) is 62.8 Å². The highest BCUT2D eigenvalue weighted by Crippen LogP contribution is 2.45. The molecule has 3 saturated heterocycles. The topological polar surface area (TPSA) is 97.2 Å². The number of carbonyl (C=O) groups is 1. The van der Waals surface area contributed by atoms with Gasteiger partial charge in [0.05, 0.1) is 50.9 Å². The second-order valence-corrected chi connectivity index (χ2v) is 12.7. The third-order valence-electron chi connectivity index (χ3n) is 8.08. The van der Waals surface area contributed by atoms with E-state index in [1.54, 1.807) is 28.0 Å². The van der Waals surface area contributed by atoms with Crippen LogP contribution < -0.4 is 4.74 Å². The van der Waals surface area contributed by atoms with Gasteiger partial charge in [0.1, 0.15) is 10.6 Å². The fraction of sp³-hybridized carbons (Fsp3) is 0.615. The molecule has 0 aliphatic carbocycles. The molecule has 39 heavy (non-hydrogen) atoms. The number of nitrogens with zero attached hydrogens (tertiary/aromatic N) is 5. The first-order chi connectivity index (χ1) is 18.7. The van der Waals surface area contributed by atoms with E-state index in [1.165, 1.54) is 7.11 Å². The Morgan fingerprint density at radius 3 is 2.62 bits per heavy atom. The van der Waals surface area contributed by atoms with E-state index < -0.39 is 15.8 Å². The highest BCUT2D eigenvalue weighted by Gasteiger charge is 2.44. The lowest BCUT2D eigenvalue weighted by Gasteiger charge is -2.41. The van der Waals surface area contributed by atoms with Gasteiger partial charge in [0, 0.05) is 43.9 Å². The van der Waals surface area contributed by atoms with Crippen LogP contribution in [0.5, 0.6) is 5.75 Å². The van der Waals surface area contributed by atoms with Gasteiger partial charge in [0.25, 0.3) is 11.8 Å². The van der Waals surface area contributed by atoms with Crippen molar-refractivity contribution in [3.8, 4) is 17.0 Å². The lowest BCUT2D eigenvalue weighted by Crippen LogP contribution is -2.57. The zero-order valence-electron chi connectivity index (χ0n) is 21.9. The number of halogens is 2. The number of amides is 1. The van der Waals surface area contributed by atoms with Gasteiger partial charge >= 0.3 is 0 Å². The van der Waals surface area contributed by atoms with Crippen LogP contribution in [0.15, 0.2) is 23.1 Å². The third-order valence-corrected chi connectivity index (χ3v) is 9.79. The Balaban J connectivity index is 1.36. The number of piperidine rings is 1. The Bertz CT molecular complexity index is 1370. The van der Waals surface area contributed by atoms with Crippen LogP contribution in [0, 0.1) is 0 Å². The summed E-state index contributed by atoms with van der Waals surface area (Å²) in [5.74, 6) is -2.94. The van der Waals surface area contributed by atoms with Crippen molar-refractivity contribution >= 4 is 15.7 Å². The maximum absolute atomic E-state index is 13.6. The number of aromatic nitrogens is 2. The van der Waals surface area contributed by atoms with E-state index >= 15 is 0 Å². The number of hydrogen-bond donors (Lipinski definition) is 0. The molecule has 0 unspecified atom stereocenters. The Morgan fingerprint density at radius 1 is 1.15 bits per heavy atom. The summed E-state index contributed by atoms with van der Waals surface area (Å²) in [5, 5.41) is 4.83. The number of methoxy groups -OCH3 is 1. The van der Waals surface area contributed by atoms with Gasteiger partial charge < -0.3 is 14.4 Å². The van der Waals surface area contributed by atoms with Gasteiger partial charge in [-0.2, -0.15) is 5.10 Å². The number of sulfone groups is 1. The molecule has 6 rings (SSSR count). The first-order valence-corrected chi connectivity index (χ1v) is 15.0. The molecular weight excluding hydrogens is 532 g/mol. The molecule has 0 spiro atoms. The zero-order chi connectivity index (χ0) is 27.4. The third kappa shape index (κ3) is 4.94. The maximum atomic E-state index is 13.6. The minimum Gasteiger partial charge on any atom is -0.495 e. The van der Waals surface area contributed by atoms with E-state index in [4.69, 9.17) is 14.6 Å². The monoisotopic (exact) mass is 565 g/mol. The standard InChI is InChI=1S/C26H33F2N5O5S/c1-37-21-6-2-5-19-23-20(15-39(35,36)24(19)21)22(25(34)32-10-12-38-13-11-32)29-33(23)18-4-3-7-30(14-18)8-9-31-16-26(27,28)17-31/h2,5-6,18H,3-4,7-17H2,1H3/t18-/m0/s1. The highest BCUT2D eigenvalue weighted by molar-refractivity contribution is 7.91. The van der Waals surface area contributed by atoms with Crippen LogP contribution in [-0.4, -0.2) is 117 Å². The minimum absolute atomic E-state index is 0.101. The van der Waals surface area contributed by atoms with Crippen molar-refractivity contribution in [2.75, 3.05) is 72.7 Å². The van der Waals surface area contributed by atoms with Gasteiger partial charge in [-0.1, -0.05) is 12.1 Å². The zero-order valence-corrected chi connectivity index (χ0v) is 22.8. The molecule has 1 atom stereocenters. The van der Waals surface area contributed by atoms with Gasteiger partial charge in [0.2, 0.25) is 0 Å². The summed E-state index contributed by atoms with van der Waals surface area (Å²) >= 11 is 0. The summed E-state index contributed by atoms with van der Waals surface area (Å²) in [6.07, 6.45) is 1.69. The summed E-state index contributed by atoms with van der Waals surface area (Å²) in [6, 6.07) is 5.03. The molecule has 2 aromatic rings. The van der Waals surface area contributed by atoms with Gasteiger partial charge in [-0.25, -0.2) is 17.2 Å². The lowest BCUT2D eigenvalue weighted by molar-refractivity contribution is -0.131. The van der Waals surface area contributed by atoms with E-state index in [2.05, 4.69) is 4.90 Å². The number of likely N-dealkylation sites (tertiary alicyclic amines) is 2. The van der Waals surface area contributed by atoms with Crippen molar-refractivity contribution in [3.63, 3.8) is 0 Å². The van der Waals surface area contributed by atoms with Crippen molar-refractivity contribution in [3.05, 3.63) is 29.5 Å². The van der Waals surface area contributed by atoms with Crippen LogP contribution in [0.3, 0.4) is 0 Å². The molecule has 1 aromatic heterocycles. The molecule has 4 aliphatic rings. The quantitative estimate of drug-likeness (QED) is 0.524. The summed E-state index contributed by atoms with van der Waals surface area (Å²) in [6.45, 7) is 4.01. The molecule has 212 valence electrons. The fourth-order valence-corrected chi connectivity index (χ4v) is 7.93. The summed E-state index contributed by atoms with van der Waals surface area (Å²) in [4.78, 5) is 19.4. The van der Waals surface area contributed by atoms with Crippen molar-refractivity contribution in [1.82, 2.24) is 24.5 Å². The number of fused-ring (bicyclic) bond motifs is 3. The first kappa shape index (κ1) is 26.6. The number of carbonyl (C=O) groups excluding carboxylic acids is 1. The molecule has 5 heterocycles. The summed E-state index contributed by atoms with van der Waals surface area (Å²) < 4.78 is 66.2. The predicted octanol–water partition coefficient (Wildman–Crippen LogP) is 1.91. The first-order valence-electron chi connectivity index (χ1n) is 13.4. The fourth-order valence-electron chi connectivity index (χ4n) is 6.17. The minimum atomic E-state index is -3.79. The second-order valence-electron chi connectivity index (χ2n) is 10.8. The van der Waals surface area contributed by atoms with Crippen LogP contribution in [0.25, 0.3) is 11.3 Å². The van der Waals surface area contributed by atoms with Gasteiger partial charge in [-0.05, 0) is 25.5 Å². The highest BCUT2D eigenvalue weighted by atomic mass is 32.2. The molecule has 10 nitrogen and oxygen atoms in total. The van der Waals surface area contributed by atoms with Crippen LogP contribution in [0.1, 0.15) is 34.9 Å². The van der Waals surface area contributed by atoms with Crippen LogP contribution in [0.4, 0.5) is 8.78 Å². The number of alkyl halides is 2. The number of benzene rings is 1.